The number of amides is 2. The first-order valence-corrected chi connectivity index (χ1v) is 6.85. The maximum atomic E-state index is 12.5. The van der Waals surface area contributed by atoms with Crippen molar-refractivity contribution in [2.75, 3.05) is 0 Å². The molecule has 0 radical (unpaired) electrons. The van der Waals surface area contributed by atoms with Gasteiger partial charge in [-0.1, -0.05) is 24.3 Å². The maximum absolute atomic E-state index is 12.5. The number of allylic oxidation sites excluding steroid dienone is 4. The quantitative estimate of drug-likeness (QED) is 0.518. The molecule has 6 atom stereocenters. The van der Waals surface area contributed by atoms with Crippen LogP contribution in [0.5, 0.6) is 0 Å². The highest BCUT2D eigenvalue weighted by molar-refractivity contribution is 6.06. The lowest BCUT2D eigenvalue weighted by Gasteiger charge is -2.51. The summed E-state index contributed by atoms with van der Waals surface area (Å²) in [4.78, 5) is 26.5. The minimum atomic E-state index is -0.0823. The van der Waals surface area contributed by atoms with E-state index in [-0.39, 0.29) is 41.5 Å². The van der Waals surface area contributed by atoms with E-state index in [0.29, 0.717) is 11.8 Å². The van der Waals surface area contributed by atoms with Crippen molar-refractivity contribution in [3.05, 3.63) is 24.3 Å². The van der Waals surface area contributed by atoms with E-state index >= 15 is 0 Å². The van der Waals surface area contributed by atoms with Gasteiger partial charge < -0.3 is 0 Å². The molecule has 1 aliphatic heterocycles. The second-order valence-electron chi connectivity index (χ2n) is 6.27. The second-order valence-corrected chi connectivity index (χ2v) is 6.27. The van der Waals surface area contributed by atoms with Crippen LogP contribution >= 0.6 is 0 Å². The molecule has 4 aliphatic carbocycles. The predicted molar refractivity (Wildman–Crippen MR) is 66.2 cm³/mol. The second kappa shape index (κ2) is 3.14. The Kier molecular flexibility index (Phi) is 1.84. The van der Waals surface area contributed by atoms with Crippen LogP contribution in [0.25, 0.3) is 0 Å². The summed E-state index contributed by atoms with van der Waals surface area (Å²) in [5.41, 5.74) is 0. The van der Waals surface area contributed by atoms with E-state index in [1.165, 1.54) is 4.90 Å². The first kappa shape index (κ1) is 10.5. The molecular weight excluding hydrogens is 226 g/mol. The number of hydrogen-bond donors (Lipinski definition) is 0. The highest BCUT2D eigenvalue weighted by atomic mass is 16.2. The van der Waals surface area contributed by atoms with Crippen LogP contribution in [0.1, 0.15) is 13.8 Å². The molecular formula is C15H17NO2. The molecule has 3 heteroatoms. The van der Waals surface area contributed by atoms with Crippen molar-refractivity contribution >= 4 is 11.8 Å². The van der Waals surface area contributed by atoms with Crippen molar-refractivity contribution in [3.8, 4) is 0 Å². The summed E-state index contributed by atoms with van der Waals surface area (Å²) in [5.74, 6) is 1.50. The molecule has 94 valence electrons. The van der Waals surface area contributed by atoms with Crippen molar-refractivity contribution < 1.29 is 9.59 Å². The summed E-state index contributed by atoms with van der Waals surface area (Å²) in [7, 11) is 0. The van der Waals surface area contributed by atoms with Crippen LogP contribution in [0.3, 0.4) is 0 Å². The average Bonchev–Trinajstić information content (AvgIpc) is 2.52. The normalized spacial score (nSPS) is 47.6. The van der Waals surface area contributed by atoms with Gasteiger partial charge in [-0.15, -0.1) is 0 Å². The van der Waals surface area contributed by atoms with Gasteiger partial charge >= 0.3 is 0 Å². The van der Waals surface area contributed by atoms with Crippen molar-refractivity contribution in [2.45, 2.75) is 19.9 Å². The molecule has 2 fully saturated rings. The predicted octanol–water partition coefficient (Wildman–Crippen LogP) is 1.61. The molecule has 2 bridgehead atoms. The average molecular weight is 243 g/mol. The Morgan fingerprint density at radius 2 is 1.22 bits per heavy atom. The zero-order chi connectivity index (χ0) is 12.6. The van der Waals surface area contributed by atoms with Crippen LogP contribution in [0.2, 0.25) is 0 Å². The molecule has 1 saturated heterocycles. The number of likely N-dealkylation sites (tertiary alicyclic amines) is 1. The number of rotatable bonds is 1. The fraction of sp³-hybridized carbons (Fsp3) is 0.600. The van der Waals surface area contributed by atoms with E-state index in [1.807, 2.05) is 13.8 Å². The van der Waals surface area contributed by atoms with Gasteiger partial charge in [-0.3, -0.25) is 14.5 Å². The number of imide groups is 1. The van der Waals surface area contributed by atoms with Gasteiger partial charge in [0.1, 0.15) is 0 Å². The SMILES string of the molecule is CC(C)N1C(=O)[C@@H]2C3C=CC([C@H]4C=C[C@@H]34)[C@@H]2C1=O. The van der Waals surface area contributed by atoms with E-state index in [1.54, 1.807) is 0 Å². The minimum Gasteiger partial charge on any atom is -0.280 e. The molecule has 3 nitrogen and oxygen atoms in total. The zero-order valence-corrected chi connectivity index (χ0v) is 10.6. The van der Waals surface area contributed by atoms with Crippen molar-refractivity contribution in [1.29, 1.82) is 0 Å². The van der Waals surface area contributed by atoms with Gasteiger partial charge in [-0.2, -0.15) is 0 Å². The molecule has 5 rings (SSSR count). The molecule has 18 heavy (non-hydrogen) atoms. The Bertz CT molecular complexity index is 465. The Balaban J connectivity index is 1.80. The van der Waals surface area contributed by atoms with E-state index in [4.69, 9.17) is 0 Å². The van der Waals surface area contributed by atoms with Gasteiger partial charge in [-0.25, -0.2) is 0 Å². The fourth-order valence-corrected chi connectivity index (χ4v) is 4.42. The highest BCUT2D eigenvalue weighted by Gasteiger charge is 2.62. The third-order valence-corrected chi connectivity index (χ3v) is 5.22. The Labute approximate surface area is 107 Å². The monoisotopic (exact) mass is 243 g/mol. The maximum Gasteiger partial charge on any atom is 0.233 e. The third kappa shape index (κ3) is 0.979. The molecule has 0 aromatic heterocycles. The summed E-state index contributed by atoms with van der Waals surface area (Å²) >= 11 is 0. The van der Waals surface area contributed by atoms with E-state index in [9.17, 15) is 9.59 Å². The number of hydrogen-bond acceptors (Lipinski definition) is 2. The molecule has 0 aromatic rings. The van der Waals surface area contributed by atoms with E-state index in [0.717, 1.165) is 0 Å². The first-order chi connectivity index (χ1) is 8.61. The fourth-order valence-electron chi connectivity index (χ4n) is 4.42. The lowest BCUT2D eigenvalue weighted by molar-refractivity contribution is -0.142. The van der Waals surface area contributed by atoms with Gasteiger partial charge in [0.05, 0.1) is 11.8 Å². The van der Waals surface area contributed by atoms with Crippen LogP contribution in [-0.4, -0.2) is 22.8 Å². The molecule has 5 aliphatic rings. The molecule has 2 unspecified atom stereocenters. The highest BCUT2D eigenvalue weighted by Crippen LogP contribution is 2.58. The minimum absolute atomic E-state index is 0.0133. The van der Waals surface area contributed by atoms with Gasteiger partial charge in [0, 0.05) is 6.04 Å². The van der Waals surface area contributed by atoms with Crippen LogP contribution in [0, 0.1) is 35.5 Å². The summed E-state index contributed by atoms with van der Waals surface area (Å²) < 4.78 is 0. The van der Waals surface area contributed by atoms with Crippen LogP contribution in [-0.2, 0) is 9.59 Å². The summed E-state index contributed by atoms with van der Waals surface area (Å²) in [6, 6.07) is -0.0133. The van der Waals surface area contributed by atoms with Gasteiger partial charge in [0.25, 0.3) is 0 Å². The van der Waals surface area contributed by atoms with Crippen LogP contribution in [0.4, 0.5) is 0 Å². The summed E-state index contributed by atoms with van der Waals surface area (Å²) in [6.45, 7) is 3.85. The standard InChI is InChI=1S/C15H17NO2/c1-7(2)16-14(17)12-10-5-6-11(13(12)15(16)18)9-4-3-8(9)10/h3-13H,1-2H3/t8-,9+,10?,11?,12-,13+. The van der Waals surface area contributed by atoms with Gasteiger partial charge in [0.2, 0.25) is 11.8 Å². The van der Waals surface area contributed by atoms with E-state index < -0.39 is 0 Å². The molecule has 1 heterocycles. The number of carbonyl (C=O) groups excluding carboxylic acids is 2. The third-order valence-electron chi connectivity index (χ3n) is 5.22. The molecule has 0 N–H and O–H groups in total. The Hall–Kier alpha value is -1.38. The summed E-state index contributed by atoms with van der Waals surface area (Å²) in [5, 5.41) is 0. The van der Waals surface area contributed by atoms with Crippen molar-refractivity contribution in [2.24, 2.45) is 35.5 Å². The van der Waals surface area contributed by atoms with Gasteiger partial charge in [0.15, 0.2) is 0 Å². The van der Waals surface area contributed by atoms with Crippen LogP contribution < -0.4 is 0 Å². The topological polar surface area (TPSA) is 37.4 Å². The largest absolute Gasteiger partial charge is 0.280 e. The smallest absolute Gasteiger partial charge is 0.233 e. The van der Waals surface area contributed by atoms with Crippen molar-refractivity contribution in [3.63, 3.8) is 0 Å². The summed E-state index contributed by atoms with van der Waals surface area (Å²) in [6.07, 6.45) is 8.81. The lowest BCUT2D eigenvalue weighted by Crippen LogP contribution is -2.50. The van der Waals surface area contributed by atoms with E-state index in [2.05, 4.69) is 24.3 Å². The van der Waals surface area contributed by atoms with Crippen LogP contribution in [0.15, 0.2) is 24.3 Å². The first-order valence-electron chi connectivity index (χ1n) is 6.85. The molecule has 1 saturated carbocycles. The van der Waals surface area contributed by atoms with Crippen molar-refractivity contribution in [1.82, 2.24) is 4.90 Å². The Morgan fingerprint density at radius 3 is 1.56 bits per heavy atom. The number of carbonyl (C=O) groups is 2. The number of nitrogens with zero attached hydrogens (tertiary/aromatic N) is 1. The molecule has 0 spiro atoms. The zero-order valence-electron chi connectivity index (χ0n) is 10.6. The Morgan fingerprint density at radius 1 is 0.833 bits per heavy atom. The van der Waals surface area contributed by atoms with Gasteiger partial charge in [-0.05, 0) is 37.5 Å². The lowest BCUT2D eigenvalue weighted by atomic mass is 9.50. The molecule has 2 amide bonds. The molecule has 0 aromatic carbocycles.